The third-order valence-electron chi connectivity index (χ3n) is 4.13. The number of hydrogen-bond acceptors (Lipinski definition) is 5. The second kappa shape index (κ2) is 9.88. The molecule has 0 aliphatic heterocycles. The van der Waals surface area contributed by atoms with Gasteiger partial charge in [0.15, 0.2) is 6.10 Å². The SMILES string of the molecule is CCCCC(Oc1ccc(-c2ccc(C#N)cc2)cc1CS)C(=O)OC. The molecule has 4 nitrogen and oxygen atoms in total. The number of carbonyl (C=O) groups is 1. The molecule has 2 aromatic rings. The molecule has 0 fully saturated rings. The van der Waals surface area contributed by atoms with Crippen molar-refractivity contribution in [2.75, 3.05) is 7.11 Å². The minimum absolute atomic E-state index is 0.361. The van der Waals surface area contributed by atoms with Crippen LogP contribution in [0.3, 0.4) is 0 Å². The van der Waals surface area contributed by atoms with Crippen LogP contribution in [-0.4, -0.2) is 19.2 Å². The number of esters is 1. The lowest BCUT2D eigenvalue weighted by atomic mass is 10.0. The lowest BCUT2D eigenvalue weighted by Crippen LogP contribution is -2.28. The van der Waals surface area contributed by atoms with Gasteiger partial charge >= 0.3 is 5.97 Å². The minimum atomic E-state index is -0.612. The predicted molar refractivity (Wildman–Crippen MR) is 105 cm³/mol. The smallest absolute Gasteiger partial charge is 0.347 e. The summed E-state index contributed by atoms with van der Waals surface area (Å²) in [7, 11) is 1.37. The summed E-state index contributed by atoms with van der Waals surface area (Å²) in [6.45, 7) is 2.07. The van der Waals surface area contributed by atoms with Crippen LogP contribution in [-0.2, 0) is 15.3 Å². The van der Waals surface area contributed by atoms with Crippen LogP contribution in [0, 0.1) is 11.3 Å². The van der Waals surface area contributed by atoms with Crippen molar-refractivity contribution >= 4 is 18.6 Å². The first-order valence-corrected chi connectivity index (χ1v) is 9.25. The van der Waals surface area contributed by atoms with Crippen LogP contribution in [0.15, 0.2) is 42.5 Å². The highest BCUT2D eigenvalue weighted by atomic mass is 32.1. The van der Waals surface area contributed by atoms with Gasteiger partial charge in [0.1, 0.15) is 5.75 Å². The van der Waals surface area contributed by atoms with Gasteiger partial charge in [0.25, 0.3) is 0 Å². The number of hydrogen-bond donors (Lipinski definition) is 1. The molecule has 0 bridgehead atoms. The monoisotopic (exact) mass is 369 g/mol. The van der Waals surface area contributed by atoms with E-state index in [4.69, 9.17) is 14.7 Å². The molecule has 0 saturated carbocycles. The number of ether oxygens (including phenoxy) is 2. The molecule has 0 aromatic heterocycles. The number of carbonyl (C=O) groups excluding carboxylic acids is 1. The first-order chi connectivity index (χ1) is 12.6. The minimum Gasteiger partial charge on any atom is -0.478 e. The van der Waals surface area contributed by atoms with Crippen molar-refractivity contribution in [2.24, 2.45) is 0 Å². The number of thiol groups is 1. The lowest BCUT2D eigenvalue weighted by molar-refractivity contribution is -0.149. The van der Waals surface area contributed by atoms with Gasteiger partial charge in [-0.2, -0.15) is 17.9 Å². The van der Waals surface area contributed by atoms with Gasteiger partial charge in [-0.15, -0.1) is 0 Å². The van der Waals surface area contributed by atoms with Crippen LogP contribution >= 0.6 is 12.6 Å². The lowest BCUT2D eigenvalue weighted by Gasteiger charge is -2.19. The van der Waals surface area contributed by atoms with Gasteiger partial charge in [0.2, 0.25) is 0 Å². The molecule has 26 heavy (non-hydrogen) atoms. The molecule has 2 rings (SSSR count). The van der Waals surface area contributed by atoms with E-state index in [0.29, 0.717) is 23.5 Å². The van der Waals surface area contributed by atoms with Gasteiger partial charge in [-0.25, -0.2) is 4.79 Å². The van der Waals surface area contributed by atoms with E-state index in [0.717, 1.165) is 29.5 Å². The quantitative estimate of drug-likeness (QED) is 0.538. The third-order valence-corrected chi connectivity index (χ3v) is 4.47. The zero-order valence-electron chi connectivity index (χ0n) is 15.1. The summed E-state index contributed by atoms with van der Waals surface area (Å²) in [5, 5.41) is 8.91. The summed E-state index contributed by atoms with van der Waals surface area (Å²) in [4.78, 5) is 12.0. The molecular weight excluding hydrogens is 346 g/mol. The maximum absolute atomic E-state index is 12.0. The Morgan fingerprint density at radius 1 is 1.19 bits per heavy atom. The van der Waals surface area contributed by atoms with Crippen LogP contribution in [0.1, 0.15) is 37.3 Å². The van der Waals surface area contributed by atoms with Crippen molar-refractivity contribution in [3.8, 4) is 22.9 Å². The molecule has 0 aliphatic rings. The zero-order chi connectivity index (χ0) is 18.9. The Bertz CT molecular complexity index is 781. The van der Waals surface area contributed by atoms with Crippen LogP contribution in [0.5, 0.6) is 5.75 Å². The highest BCUT2D eigenvalue weighted by molar-refractivity contribution is 7.79. The van der Waals surface area contributed by atoms with Crippen molar-refractivity contribution < 1.29 is 14.3 Å². The number of nitrogens with zero attached hydrogens (tertiary/aromatic N) is 1. The molecule has 1 unspecified atom stereocenters. The number of unbranched alkanes of at least 4 members (excludes halogenated alkanes) is 1. The van der Waals surface area contributed by atoms with Gasteiger partial charge in [-0.05, 0) is 48.2 Å². The summed E-state index contributed by atoms with van der Waals surface area (Å²) in [5.74, 6) is 0.768. The summed E-state index contributed by atoms with van der Waals surface area (Å²) in [6.07, 6.45) is 1.87. The van der Waals surface area contributed by atoms with E-state index < -0.39 is 6.10 Å². The van der Waals surface area contributed by atoms with E-state index in [1.165, 1.54) is 7.11 Å². The van der Waals surface area contributed by atoms with E-state index in [9.17, 15) is 4.79 Å². The first-order valence-electron chi connectivity index (χ1n) is 8.61. The second-order valence-corrected chi connectivity index (χ2v) is 6.26. The van der Waals surface area contributed by atoms with Crippen LogP contribution in [0.4, 0.5) is 0 Å². The highest BCUT2D eigenvalue weighted by Crippen LogP contribution is 2.29. The topological polar surface area (TPSA) is 59.3 Å². The fourth-order valence-electron chi connectivity index (χ4n) is 2.63. The second-order valence-electron chi connectivity index (χ2n) is 5.94. The number of benzene rings is 2. The van der Waals surface area contributed by atoms with Crippen molar-refractivity contribution in [1.82, 2.24) is 0 Å². The summed E-state index contributed by atoms with van der Waals surface area (Å²) >= 11 is 4.40. The van der Waals surface area contributed by atoms with Gasteiger partial charge < -0.3 is 9.47 Å². The number of rotatable bonds is 8. The van der Waals surface area contributed by atoms with Gasteiger partial charge in [0.05, 0.1) is 18.7 Å². The Morgan fingerprint density at radius 2 is 1.88 bits per heavy atom. The maximum Gasteiger partial charge on any atom is 0.347 e. The number of methoxy groups -OCH3 is 1. The molecule has 0 saturated heterocycles. The van der Waals surface area contributed by atoms with Gasteiger partial charge in [-0.1, -0.05) is 31.5 Å². The standard InChI is InChI=1S/C21H23NO3S/c1-3-4-5-20(21(23)24-2)25-19-11-10-17(12-18(19)14-26)16-8-6-15(13-22)7-9-16/h6-12,20,26H,3-5,14H2,1-2H3. The largest absolute Gasteiger partial charge is 0.478 e. The van der Waals surface area contributed by atoms with Crippen molar-refractivity contribution in [3.63, 3.8) is 0 Å². The van der Waals surface area contributed by atoms with Crippen LogP contribution in [0.2, 0.25) is 0 Å². The Balaban J connectivity index is 2.26. The Hall–Kier alpha value is -2.45. The van der Waals surface area contributed by atoms with Crippen molar-refractivity contribution in [2.45, 2.75) is 38.0 Å². The van der Waals surface area contributed by atoms with E-state index in [1.54, 1.807) is 12.1 Å². The zero-order valence-corrected chi connectivity index (χ0v) is 16.0. The molecule has 5 heteroatoms. The molecule has 0 radical (unpaired) electrons. The fourth-order valence-corrected chi connectivity index (χ4v) is 2.88. The molecule has 0 amide bonds. The molecular formula is C21H23NO3S. The molecule has 136 valence electrons. The predicted octanol–water partition coefficient (Wildman–Crippen LogP) is 4.77. The average Bonchev–Trinajstić information content (AvgIpc) is 2.70. The van der Waals surface area contributed by atoms with E-state index in [2.05, 4.69) is 25.6 Å². The Labute approximate surface area is 160 Å². The summed E-state index contributed by atoms with van der Waals surface area (Å²) in [6, 6.07) is 15.3. The number of nitriles is 1. The Kier molecular flexibility index (Phi) is 7.55. The van der Waals surface area contributed by atoms with E-state index in [-0.39, 0.29) is 5.97 Å². The van der Waals surface area contributed by atoms with Gasteiger partial charge in [-0.3, -0.25) is 0 Å². The van der Waals surface area contributed by atoms with Crippen molar-refractivity contribution in [1.29, 1.82) is 5.26 Å². The molecule has 1 atom stereocenters. The molecule has 0 N–H and O–H groups in total. The highest BCUT2D eigenvalue weighted by Gasteiger charge is 2.21. The van der Waals surface area contributed by atoms with Crippen molar-refractivity contribution in [3.05, 3.63) is 53.6 Å². The van der Waals surface area contributed by atoms with Crippen LogP contribution < -0.4 is 4.74 Å². The molecule has 0 spiro atoms. The molecule has 0 aliphatic carbocycles. The summed E-state index contributed by atoms with van der Waals surface area (Å²) < 4.78 is 10.8. The fraction of sp³-hybridized carbons (Fsp3) is 0.333. The molecule has 0 heterocycles. The van der Waals surface area contributed by atoms with E-state index in [1.807, 2.05) is 30.3 Å². The summed E-state index contributed by atoms with van der Waals surface area (Å²) in [5.41, 5.74) is 3.55. The third kappa shape index (κ3) is 5.03. The first kappa shape index (κ1) is 19.9. The van der Waals surface area contributed by atoms with Crippen LogP contribution in [0.25, 0.3) is 11.1 Å². The Morgan fingerprint density at radius 3 is 2.46 bits per heavy atom. The van der Waals surface area contributed by atoms with Gasteiger partial charge in [0, 0.05) is 11.3 Å². The molecule has 2 aromatic carbocycles. The average molecular weight is 369 g/mol. The normalized spacial score (nSPS) is 11.5. The maximum atomic E-state index is 12.0. The van der Waals surface area contributed by atoms with E-state index >= 15 is 0 Å².